The molecule has 0 saturated heterocycles. The van der Waals surface area contributed by atoms with Crippen LogP contribution in [0.4, 0.5) is 5.69 Å². The lowest BCUT2D eigenvalue weighted by Gasteiger charge is -2.29. The first kappa shape index (κ1) is 17.5. The van der Waals surface area contributed by atoms with E-state index in [-0.39, 0.29) is 18.0 Å². The average molecular weight is 343 g/mol. The molecule has 0 aliphatic heterocycles. The first-order valence-corrected chi connectivity index (χ1v) is 9.06. The second kappa shape index (κ2) is 7.68. The van der Waals surface area contributed by atoms with Crippen molar-refractivity contribution in [3.8, 4) is 0 Å². The van der Waals surface area contributed by atoms with Gasteiger partial charge in [0.15, 0.2) is 0 Å². The van der Waals surface area contributed by atoms with Gasteiger partial charge in [-0.2, -0.15) is 0 Å². The minimum absolute atomic E-state index is 0.0420. The van der Waals surface area contributed by atoms with Crippen LogP contribution in [0.15, 0.2) is 24.3 Å². The molecule has 1 aromatic rings. The molecule has 2 atom stereocenters. The topological polar surface area (TPSA) is 87.3 Å². The molecular weight excluding hydrogens is 318 g/mol. The molecule has 3 rings (SSSR count). The molecule has 2 saturated carbocycles. The third kappa shape index (κ3) is 4.59. The molecule has 2 fully saturated rings. The zero-order valence-corrected chi connectivity index (χ0v) is 14.5. The summed E-state index contributed by atoms with van der Waals surface area (Å²) in [5.41, 5.74) is 0.735. The third-order valence-corrected chi connectivity index (χ3v) is 4.97. The lowest BCUT2D eigenvalue weighted by molar-refractivity contribution is -0.137. The van der Waals surface area contributed by atoms with Crippen LogP contribution in [0.25, 0.3) is 0 Å². The van der Waals surface area contributed by atoms with Crippen molar-refractivity contribution < 1.29 is 14.4 Å². The fraction of sp³-hybridized carbons (Fsp3) is 0.526. The summed E-state index contributed by atoms with van der Waals surface area (Å²) in [7, 11) is 0. The monoisotopic (exact) mass is 343 g/mol. The first-order valence-electron chi connectivity index (χ1n) is 9.06. The van der Waals surface area contributed by atoms with Crippen LogP contribution in [0.2, 0.25) is 0 Å². The molecular formula is C19H25N3O3. The van der Waals surface area contributed by atoms with E-state index in [4.69, 9.17) is 0 Å². The van der Waals surface area contributed by atoms with Crippen molar-refractivity contribution in [1.82, 2.24) is 10.6 Å². The van der Waals surface area contributed by atoms with Crippen molar-refractivity contribution in [2.75, 3.05) is 5.32 Å². The first-order chi connectivity index (χ1) is 12.0. The molecule has 6 nitrogen and oxygen atoms in total. The molecule has 0 radical (unpaired) electrons. The van der Waals surface area contributed by atoms with Gasteiger partial charge in [0.05, 0.1) is 11.3 Å². The Balaban J connectivity index is 1.62. The average Bonchev–Trinajstić information content (AvgIpc) is 3.41. The van der Waals surface area contributed by atoms with Crippen molar-refractivity contribution in [1.29, 1.82) is 0 Å². The minimum Gasteiger partial charge on any atom is -0.349 e. The molecule has 134 valence electrons. The van der Waals surface area contributed by atoms with Gasteiger partial charge in [-0.3, -0.25) is 14.4 Å². The van der Waals surface area contributed by atoms with E-state index in [2.05, 4.69) is 22.9 Å². The van der Waals surface area contributed by atoms with Crippen molar-refractivity contribution in [2.24, 2.45) is 5.92 Å². The molecule has 3 amide bonds. The van der Waals surface area contributed by atoms with E-state index in [9.17, 15) is 14.4 Å². The molecule has 25 heavy (non-hydrogen) atoms. The van der Waals surface area contributed by atoms with Gasteiger partial charge in [0, 0.05) is 12.1 Å². The van der Waals surface area contributed by atoms with Crippen LogP contribution in [-0.2, 0) is 9.59 Å². The molecule has 0 aromatic heterocycles. The van der Waals surface area contributed by atoms with Gasteiger partial charge in [-0.15, -0.1) is 0 Å². The Bertz CT molecular complexity index is 670. The third-order valence-electron chi connectivity index (χ3n) is 4.97. The number of rotatable bonds is 4. The molecule has 0 spiro atoms. The van der Waals surface area contributed by atoms with E-state index in [0.717, 1.165) is 32.1 Å². The Hall–Kier alpha value is -2.37. The summed E-state index contributed by atoms with van der Waals surface area (Å²) in [5.74, 6) is -1.22. The number of nitrogens with one attached hydrogen (secondary N) is 3. The number of hydrogen-bond acceptors (Lipinski definition) is 3. The standard InChI is InChI=1S/C19H25N3O3/c1-12-6-2-4-8-15(12)21-18(24)19(25)22-16-9-5-3-7-14(16)17(23)20-13-10-11-13/h3,5,7,9,12-13,15H,2,4,6,8,10-11H2,1H3,(H,20,23)(H,21,24)(H,22,25)/t12-,15+/m0/s1. The van der Waals surface area contributed by atoms with Crippen molar-refractivity contribution >= 4 is 23.4 Å². The highest BCUT2D eigenvalue weighted by atomic mass is 16.2. The van der Waals surface area contributed by atoms with Crippen molar-refractivity contribution in [2.45, 2.75) is 57.5 Å². The number of hydrogen-bond donors (Lipinski definition) is 3. The minimum atomic E-state index is -0.732. The zero-order valence-electron chi connectivity index (χ0n) is 14.5. The van der Waals surface area contributed by atoms with Crippen LogP contribution >= 0.6 is 0 Å². The number of carbonyl (C=O) groups excluding carboxylic acids is 3. The normalized spacial score (nSPS) is 22.8. The highest BCUT2D eigenvalue weighted by Gasteiger charge is 2.27. The van der Waals surface area contributed by atoms with E-state index >= 15 is 0 Å². The summed E-state index contributed by atoms with van der Waals surface area (Å²) in [6.07, 6.45) is 6.19. The van der Waals surface area contributed by atoms with Crippen LogP contribution in [0, 0.1) is 5.92 Å². The van der Waals surface area contributed by atoms with Gasteiger partial charge in [0.25, 0.3) is 5.91 Å². The maximum atomic E-state index is 12.3. The van der Waals surface area contributed by atoms with Gasteiger partial charge in [-0.1, -0.05) is 31.9 Å². The van der Waals surface area contributed by atoms with Crippen molar-refractivity contribution in [3.63, 3.8) is 0 Å². The summed E-state index contributed by atoms with van der Waals surface area (Å²) in [6.45, 7) is 2.10. The Morgan fingerprint density at radius 3 is 2.36 bits per heavy atom. The predicted molar refractivity (Wildman–Crippen MR) is 95.1 cm³/mol. The van der Waals surface area contributed by atoms with Crippen LogP contribution < -0.4 is 16.0 Å². The van der Waals surface area contributed by atoms with Gasteiger partial charge in [-0.05, 0) is 43.7 Å². The quantitative estimate of drug-likeness (QED) is 0.733. The van der Waals surface area contributed by atoms with Crippen LogP contribution in [0.3, 0.4) is 0 Å². The SMILES string of the molecule is C[C@H]1CCCC[C@H]1NC(=O)C(=O)Nc1ccccc1C(=O)NC1CC1. The van der Waals surface area contributed by atoms with E-state index in [1.54, 1.807) is 24.3 Å². The molecule has 0 unspecified atom stereocenters. The highest BCUT2D eigenvalue weighted by Crippen LogP contribution is 2.24. The predicted octanol–water partition coefficient (Wildman–Crippen LogP) is 2.21. The van der Waals surface area contributed by atoms with Crippen LogP contribution in [-0.4, -0.2) is 29.8 Å². The summed E-state index contributed by atoms with van der Waals surface area (Å²) in [5, 5.41) is 8.30. The second-order valence-corrected chi connectivity index (χ2v) is 7.09. The number of amides is 3. The number of para-hydroxylation sites is 1. The summed E-state index contributed by atoms with van der Waals surface area (Å²) < 4.78 is 0. The summed E-state index contributed by atoms with van der Waals surface area (Å²) in [6, 6.07) is 7.02. The van der Waals surface area contributed by atoms with Gasteiger partial charge >= 0.3 is 11.8 Å². The van der Waals surface area contributed by atoms with Gasteiger partial charge in [0.2, 0.25) is 0 Å². The lowest BCUT2D eigenvalue weighted by Crippen LogP contribution is -2.46. The number of anilines is 1. The molecule has 1 aromatic carbocycles. The fourth-order valence-electron chi connectivity index (χ4n) is 3.22. The van der Waals surface area contributed by atoms with Crippen LogP contribution in [0.1, 0.15) is 55.8 Å². The molecule has 0 heterocycles. The van der Waals surface area contributed by atoms with E-state index in [0.29, 0.717) is 17.2 Å². The number of carbonyl (C=O) groups is 3. The Kier molecular flexibility index (Phi) is 5.36. The molecule has 0 bridgehead atoms. The van der Waals surface area contributed by atoms with Crippen LogP contribution in [0.5, 0.6) is 0 Å². The maximum absolute atomic E-state index is 12.3. The molecule has 6 heteroatoms. The summed E-state index contributed by atoms with van der Waals surface area (Å²) in [4.78, 5) is 36.7. The van der Waals surface area contributed by atoms with Gasteiger partial charge in [-0.25, -0.2) is 0 Å². The van der Waals surface area contributed by atoms with Gasteiger partial charge < -0.3 is 16.0 Å². The zero-order chi connectivity index (χ0) is 17.8. The Morgan fingerprint density at radius 1 is 0.920 bits per heavy atom. The molecule has 2 aliphatic carbocycles. The molecule has 3 N–H and O–H groups in total. The second-order valence-electron chi connectivity index (χ2n) is 7.09. The Morgan fingerprint density at radius 2 is 1.64 bits per heavy atom. The largest absolute Gasteiger partial charge is 0.349 e. The highest BCUT2D eigenvalue weighted by molar-refractivity contribution is 6.40. The smallest absolute Gasteiger partial charge is 0.313 e. The Labute approximate surface area is 147 Å². The van der Waals surface area contributed by atoms with E-state index in [1.807, 2.05) is 0 Å². The maximum Gasteiger partial charge on any atom is 0.313 e. The van der Waals surface area contributed by atoms with Gasteiger partial charge in [0.1, 0.15) is 0 Å². The fourth-order valence-corrected chi connectivity index (χ4v) is 3.22. The van der Waals surface area contributed by atoms with E-state index < -0.39 is 11.8 Å². The lowest BCUT2D eigenvalue weighted by atomic mass is 9.86. The summed E-state index contributed by atoms with van der Waals surface area (Å²) >= 11 is 0. The number of benzene rings is 1. The van der Waals surface area contributed by atoms with E-state index in [1.165, 1.54) is 6.42 Å². The van der Waals surface area contributed by atoms with Crippen molar-refractivity contribution in [3.05, 3.63) is 29.8 Å². The molecule has 2 aliphatic rings.